The minimum Gasteiger partial charge on any atom is -0.317 e. The van der Waals surface area contributed by atoms with Gasteiger partial charge in [-0.05, 0) is 34.2 Å². The van der Waals surface area contributed by atoms with E-state index in [4.69, 9.17) is 0 Å². The quantitative estimate of drug-likeness (QED) is 0.571. The Labute approximate surface area is 58.2 Å². The summed E-state index contributed by atoms with van der Waals surface area (Å²) in [5.41, 5.74) is 1.40. The molecule has 0 heterocycles. The molecular weight excluding hydrogens is 110 g/mol. The van der Waals surface area contributed by atoms with E-state index in [0.29, 0.717) is 6.04 Å². The maximum absolute atomic E-state index is 3.18. The lowest BCUT2D eigenvalue weighted by Crippen LogP contribution is -2.19. The van der Waals surface area contributed by atoms with Gasteiger partial charge in [0.1, 0.15) is 0 Å². The molecule has 1 heteroatoms. The second-order valence-electron chi connectivity index (χ2n) is 2.71. The zero-order valence-electron chi connectivity index (χ0n) is 6.86. The van der Waals surface area contributed by atoms with Gasteiger partial charge in [0.25, 0.3) is 0 Å². The summed E-state index contributed by atoms with van der Waals surface area (Å²) in [5, 5.41) is 3.18. The zero-order valence-corrected chi connectivity index (χ0v) is 6.86. The fourth-order valence-corrected chi connectivity index (χ4v) is 0.530. The lowest BCUT2D eigenvalue weighted by molar-refractivity contribution is 0.618. The van der Waals surface area contributed by atoms with Crippen molar-refractivity contribution in [3.8, 4) is 0 Å². The van der Waals surface area contributed by atoms with E-state index in [0.717, 1.165) is 6.42 Å². The van der Waals surface area contributed by atoms with Crippen LogP contribution in [0.5, 0.6) is 0 Å². The van der Waals surface area contributed by atoms with Crippen molar-refractivity contribution >= 4 is 0 Å². The van der Waals surface area contributed by atoms with Gasteiger partial charge >= 0.3 is 0 Å². The van der Waals surface area contributed by atoms with Gasteiger partial charge in [-0.1, -0.05) is 11.6 Å². The van der Waals surface area contributed by atoms with Gasteiger partial charge in [-0.15, -0.1) is 0 Å². The van der Waals surface area contributed by atoms with Gasteiger partial charge in [0, 0.05) is 6.04 Å². The van der Waals surface area contributed by atoms with Crippen LogP contribution in [0.1, 0.15) is 27.2 Å². The Balaban J connectivity index is 3.37. The number of rotatable bonds is 3. The van der Waals surface area contributed by atoms with Gasteiger partial charge in [-0.25, -0.2) is 0 Å². The van der Waals surface area contributed by atoms with E-state index >= 15 is 0 Å². The molecule has 0 aromatic carbocycles. The normalized spacial score (nSPS) is 12.9. The Bertz CT molecular complexity index is 90.7. The van der Waals surface area contributed by atoms with Gasteiger partial charge in [-0.3, -0.25) is 0 Å². The summed E-state index contributed by atoms with van der Waals surface area (Å²) in [4.78, 5) is 0. The predicted octanol–water partition coefficient (Wildman–Crippen LogP) is 1.95. The first kappa shape index (κ1) is 8.70. The first-order chi connectivity index (χ1) is 4.16. The molecule has 0 bridgehead atoms. The summed E-state index contributed by atoms with van der Waals surface area (Å²) in [7, 11) is 1.99. The molecule has 1 atom stereocenters. The van der Waals surface area contributed by atoms with Crippen LogP contribution in [0.3, 0.4) is 0 Å². The largest absolute Gasteiger partial charge is 0.317 e. The standard InChI is InChI=1S/C8H17N/c1-7(2)5-6-8(3)9-4/h5,8-9H,6H2,1-4H3. The smallest absolute Gasteiger partial charge is 0.00703 e. The van der Waals surface area contributed by atoms with Gasteiger partial charge in [-0.2, -0.15) is 0 Å². The Morgan fingerprint density at radius 1 is 1.56 bits per heavy atom. The molecule has 0 rings (SSSR count). The third-order valence-corrected chi connectivity index (χ3v) is 1.37. The molecule has 0 aromatic heterocycles. The predicted molar refractivity (Wildman–Crippen MR) is 42.6 cm³/mol. The lowest BCUT2D eigenvalue weighted by atomic mass is 10.2. The van der Waals surface area contributed by atoms with Crippen LogP contribution in [0.25, 0.3) is 0 Å². The molecule has 0 aliphatic carbocycles. The Morgan fingerprint density at radius 2 is 2.11 bits per heavy atom. The highest BCUT2D eigenvalue weighted by atomic mass is 14.8. The van der Waals surface area contributed by atoms with Crippen LogP contribution in [0.4, 0.5) is 0 Å². The summed E-state index contributed by atoms with van der Waals surface area (Å²) in [6, 6.07) is 0.611. The van der Waals surface area contributed by atoms with E-state index in [2.05, 4.69) is 32.2 Å². The molecule has 0 aliphatic rings. The molecule has 0 radical (unpaired) electrons. The second-order valence-corrected chi connectivity index (χ2v) is 2.71. The van der Waals surface area contributed by atoms with Crippen LogP contribution < -0.4 is 5.32 Å². The van der Waals surface area contributed by atoms with Crippen molar-refractivity contribution < 1.29 is 0 Å². The molecule has 9 heavy (non-hydrogen) atoms. The molecule has 0 fully saturated rings. The minimum atomic E-state index is 0.611. The van der Waals surface area contributed by atoms with E-state index in [1.807, 2.05) is 7.05 Å². The zero-order chi connectivity index (χ0) is 7.28. The third-order valence-electron chi connectivity index (χ3n) is 1.37. The number of allylic oxidation sites excluding steroid dienone is 1. The van der Waals surface area contributed by atoms with Crippen molar-refractivity contribution in [3.63, 3.8) is 0 Å². The monoisotopic (exact) mass is 127 g/mol. The third kappa shape index (κ3) is 5.57. The van der Waals surface area contributed by atoms with Crippen molar-refractivity contribution in [1.29, 1.82) is 0 Å². The van der Waals surface area contributed by atoms with Crippen LogP contribution in [-0.2, 0) is 0 Å². The van der Waals surface area contributed by atoms with E-state index in [-0.39, 0.29) is 0 Å². The van der Waals surface area contributed by atoms with Crippen molar-refractivity contribution in [1.82, 2.24) is 5.32 Å². The first-order valence-corrected chi connectivity index (χ1v) is 3.47. The fraction of sp³-hybridized carbons (Fsp3) is 0.750. The summed E-state index contributed by atoms with van der Waals surface area (Å²) in [6.07, 6.45) is 3.39. The highest BCUT2D eigenvalue weighted by Gasteiger charge is 1.91. The van der Waals surface area contributed by atoms with E-state index in [1.54, 1.807) is 0 Å². The van der Waals surface area contributed by atoms with Crippen LogP contribution >= 0.6 is 0 Å². The first-order valence-electron chi connectivity index (χ1n) is 3.47. The molecular formula is C8H17N. The SMILES string of the molecule is CNC(C)CC=C(C)C. The molecule has 0 aromatic rings. The second kappa shape index (κ2) is 4.57. The van der Waals surface area contributed by atoms with E-state index < -0.39 is 0 Å². The molecule has 0 saturated carbocycles. The summed E-state index contributed by atoms with van der Waals surface area (Å²) >= 11 is 0. The Hall–Kier alpha value is -0.300. The highest BCUT2D eigenvalue weighted by Crippen LogP contribution is 1.96. The van der Waals surface area contributed by atoms with Crippen LogP contribution in [0.2, 0.25) is 0 Å². The molecule has 0 amide bonds. The Morgan fingerprint density at radius 3 is 2.44 bits per heavy atom. The average molecular weight is 127 g/mol. The van der Waals surface area contributed by atoms with Crippen molar-refractivity contribution in [2.24, 2.45) is 0 Å². The van der Waals surface area contributed by atoms with Gasteiger partial charge in [0.05, 0.1) is 0 Å². The van der Waals surface area contributed by atoms with Crippen LogP contribution in [-0.4, -0.2) is 13.1 Å². The van der Waals surface area contributed by atoms with Crippen molar-refractivity contribution in [3.05, 3.63) is 11.6 Å². The summed E-state index contributed by atoms with van der Waals surface area (Å²) < 4.78 is 0. The molecule has 1 N–H and O–H groups in total. The molecule has 0 spiro atoms. The number of nitrogens with one attached hydrogen (secondary N) is 1. The van der Waals surface area contributed by atoms with E-state index in [1.165, 1.54) is 5.57 Å². The van der Waals surface area contributed by atoms with Crippen LogP contribution in [0.15, 0.2) is 11.6 Å². The molecule has 0 aliphatic heterocycles. The van der Waals surface area contributed by atoms with Crippen molar-refractivity contribution in [2.75, 3.05) is 7.05 Å². The summed E-state index contributed by atoms with van der Waals surface area (Å²) in [5.74, 6) is 0. The molecule has 1 nitrogen and oxygen atoms in total. The van der Waals surface area contributed by atoms with Gasteiger partial charge < -0.3 is 5.32 Å². The summed E-state index contributed by atoms with van der Waals surface area (Å²) in [6.45, 7) is 6.43. The average Bonchev–Trinajstić information content (AvgIpc) is 1.83. The molecule has 0 saturated heterocycles. The lowest BCUT2D eigenvalue weighted by Gasteiger charge is -2.05. The Kier molecular flexibility index (Phi) is 4.41. The maximum Gasteiger partial charge on any atom is 0.00703 e. The van der Waals surface area contributed by atoms with E-state index in [9.17, 15) is 0 Å². The van der Waals surface area contributed by atoms with Gasteiger partial charge in [0.15, 0.2) is 0 Å². The fourth-order valence-electron chi connectivity index (χ4n) is 0.530. The highest BCUT2D eigenvalue weighted by molar-refractivity contribution is 4.94. The molecule has 1 unspecified atom stereocenters. The topological polar surface area (TPSA) is 12.0 Å². The van der Waals surface area contributed by atoms with Crippen LogP contribution in [0, 0.1) is 0 Å². The number of hydrogen-bond donors (Lipinski definition) is 1. The van der Waals surface area contributed by atoms with Gasteiger partial charge in [0.2, 0.25) is 0 Å². The van der Waals surface area contributed by atoms with Crippen molar-refractivity contribution in [2.45, 2.75) is 33.2 Å². The maximum atomic E-state index is 3.18. The number of hydrogen-bond acceptors (Lipinski definition) is 1. The minimum absolute atomic E-state index is 0.611. The molecule has 54 valence electrons.